The molecule has 0 aliphatic heterocycles. The van der Waals surface area contributed by atoms with Gasteiger partial charge in [0.2, 0.25) is 0 Å². The van der Waals surface area contributed by atoms with E-state index in [1.807, 2.05) is 82.3 Å². The Hall–Kier alpha value is -2.99. The smallest absolute Gasteiger partial charge is 0.267 e. The van der Waals surface area contributed by atoms with Gasteiger partial charge in [-0.25, -0.2) is 15.4 Å². The van der Waals surface area contributed by atoms with Crippen LogP contribution in [-0.2, 0) is 5.75 Å². The number of nitrogens with one attached hydrogen (secondary N) is 1. The van der Waals surface area contributed by atoms with Gasteiger partial charge in [0.25, 0.3) is 5.91 Å². The molecule has 29 heavy (non-hydrogen) atoms. The number of benzene rings is 2. The molecule has 5 nitrogen and oxygen atoms in total. The van der Waals surface area contributed by atoms with Gasteiger partial charge < -0.3 is 0 Å². The fourth-order valence-electron chi connectivity index (χ4n) is 2.72. The van der Waals surface area contributed by atoms with Gasteiger partial charge in [-0.1, -0.05) is 53.7 Å². The topological polar surface area (TPSA) is 67.2 Å². The highest BCUT2D eigenvalue weighted by Crippen LogP contribution is 2.20. The molecular weight excluding hydrogens is 380 g/mol. The largest absolute Gasteiger partial charge is 0.271 e. The Morgan fingerprint density at radius 2 is 1.52 bits per heavy atom. The van der Waals surface area contributed by atoms with Gasteiger partial charge in [-0.05, 0) is 57.0 Å². The highest BCUT2D eigenvalue weighted by atomic mass is 32.2. The fourth-order valence-corrected chi connectivity index (χ4v) is 3.62. The molecule has 0 atom stereocenters. The zero-order valence-electron chi connectivity index (χ0n) is 17.1. The van der Waals surface area contributed by atoms with E-state index in [4.69, 9.17) is 0 Å². The third-order valence-corrected chi connectivity index (χ3v) is 5.26. The fraction of sp³-hybridized carbons (Fsp3) is 0.217. The first-order valence-electron chi connectivity index (χ1n) is 9.36. The van der Waals surface area contributed by atoms with Crippen molar-refractivity contribution in [1.29, 1.82) is 0 Å². The van der Waals surface area contributed by atoms with Crippen LogP contribution in [0, 0.1) is 20.8 Å². The number of hydrogen-bond acceptors (Lipinski definition) is 5. The summed E-state index contributed by atoms with van der Waals surface area (Å²) < 4.78 is 0. The SMILES string of the molecule is C/C(=N\NC(=O)c1ccc(CSc2nc(C)cc(C)n2)cc1)c1ccc(C)cc1. The number of thioether (sulfide) groups is 1. The lowest BCUT2D eigenvalue weighted by Crippen LogP contribution is -2.19. The number of carbonyl (C=O) groups excluding carboxylic acids is 1. The van der Waals surface area contributed by atoms with Gasteiger partial charge in [-0.3, -0.25) is 4.79 Å². The molecule has 0 saturated carbocycles. The van der Waals surface area contributed by atoms with Crippen LogP contribution in [0.15, 0.2) is 64.9 Å². The zero-order valence-corrected chi connectivity index (χ0v) is 17.9. The maximum Gasteiger partial charge on any atom is 0.271 e. The summed E-state index contributed by atoms with van der Waals surface area (Å²) in [7, 11) is 0. The van der Waals surface area contributed by atoms with Crippen molar-refractivity contribution in [3.63, 3.8) is 0 Å². The minimum absolute atomic E-state index is 0.228. The van der Waals surface area contributed by atoms with Crippen molar-refractivity contribution in [3.05, 3.63) is 88.2 Å². The maximum absolute atomic E-state index is 12.4. The molecule has 0 saturated heterocycles. The summed E-state index contributed by atoms with van der Waals surface area (Å²) in [6.45, 7) is 7.85. The first kappa shape index (κ1) is 20.7. The molecule has 0 aliphatic rings. The molecule has 0 aliphatic carbocycles. The van der Waals surface area contributed by atoms with Crippen molar-refractivity contribution in [1.82, 2.24) is 15.4 Å². The number of carbonyl (C=O) groups is 1. The third kappa shape index (κ3) is 5.99. The lowest BCUT2D eigenvalue weighted by molar-refractivity contribution is 0.0955. The second-order valence-electron chi connectivity index (χ2n) is 6.92. The molecule has 1 N–H and O–H groups in total. The molecule has 3 aromatic rings. The molecule has 6 heteroatoms. The van der Waals surface area contributed by atoms with E-state index in [-0.39, 0.29) is 5.91 Å². The van der Waals surface area contributed by atoms with E-state index in [1.54, 1.807) is 11.8 Å². The van der Waals surface area contributed by atoms with Crippen LogP contribution in [-0.4, -0.2) is 21.6 Å². The van der Waals surface area contributed by atoms with Crippen LogP contribution in [0.2, 0.25) is 0 Å². The van der Waals surface area contributed by atoms with E-state index in [0.29, 0.717) is 5.56 Å². The Kier molecular flexibility index (Phi) is 6.77. The van der Waals surface area contributed by atoms with Crippen LogP contribution in [0.3, 0.4) is 0 Å². The van der Waals surface area contributed by atoms with Crippen molar-refractivity contribution < 1.29 is 4.79 Å². The minimum Gasteiger partial charge on any atom is -0.267 e. The molecule has 148 valence electrons. The van der Waals surface area contributed by atoms with Crippen LogP contribution in [0.4, 0.5) is 0 Å². The van der Waals surface area contributed by atoms with E-state index in [1.165, 1.54) is 5.56 Å². The molecule has 1 amide bonds. The molecule has 2 aromatic carbocycles. The van der Waals surface area contributed by atoms with E-state index < -0.39 is 0 Å². The zero-order chi connectivity index (χ0) is 20.8. The normalized spacial score (nSPS) is 11.4. The van der Waals surface area contributed by atoms with Crippen molar-refractivity contribution in [2.75, 3.05) is 0 Å². The summed E-state index contributed by atoms with van der Waals surface area (Å²) in [4.78, 5) is 21.2. The maximum atomic E-state index is 12.4. The highest BCUT2D eigenvalue weighted by molar-refractivity contribution is 7.98. The summed E-state index contributed by atoms with van der Waals surface area (Å²) in [5.74, 6) is 0.517. The third-order valence-electron chi connectivity index (χ3n) is 4.34. The number of amides is 1. The van der Waals surface area contributed by atoms with E-state index in [0.717, 1.165) is 39.1 Å². The minimum atomic E-state index is -0.228. The molecule has 0 spiro atoms. The summed E-state index contributed by atoms with van der Waals surface area (Å²) in [6, 6.07) is 17.5. The van der Waals surface area contributed by atoms with Gasteiger partial charge >= 0.3 is 0 Å². The van der Waals surface area contributed by atoms with Gasteiger partial charge in [0, 0.05) is 22.7 Å². The molecule has 0 fully saturated rings. The predicted molar refractivity (Wildman–Crippen MR) is 118 cm³/mol. The van der Waals surface area contributed by atoms with Crippen LogP contribution >= 0.6 is 11.8 Å². The molecular formula is C23H24N4OS. The summed E-state index contributed by atoms with van der Waals surface area (Å²) in [6.07, 6.45) is 0. The van der Waals surface area contributed by atoms with Crippen molar-refractivity contribution in [2.45, 2.75) is 38.6 Å². The molecule has 0 radical (unpaired) electrons. The monoisotopic (exact) mass is 404 g/mol. The number of aryl methyl sites for hydroxylation is 3. The van der Waals surface area contributed by atoms with Crippen LogP contribution in [0.25, 0.3) is 0 Å². The van der Waals surface area contributed by atoms with Crippen molar-refractivity contribution in [2.24, 2.45) is 5.10 Å². The van der Waals surface area contributed by atoms with Crippen LogP contribution in [0.1, 0.15) is 45.4 Å². The molecule has 3 rings (SSSR count). The van der Waals surface area contributed by atoms with Gasteiger partial charge in [0.15, 0.2) is 5.16 Å². The van der Waals surface area contributed by atoms with Crippen LogP contribution in [0.5, 0.6) is 0 Å². The number of hydrazone groups is 1. The number of hydrogen-bond donors (Lipinski definition) is 1. The predicted octanol–water partition coefficient (Wildman–Crippen LogP) is 4.85. The summed E-state index contributed by atoms with van der Waals surface area (Å²) in [5, 5.41) is 4.98. The second-order valence-corrected chi connectivity index (χ2v) is 7.87. The van der Waals surface area contributed by atoms with E-state index in [9.17, 15) is 4.79 Å². The van der Waals surface area contributed by atoms with Crippen LogP contribution < -0.4 is 5.43 Å². The quantitative estimate of drug-likeness (QED) is 0.276. The Bertz CT molecular complexity index is 1010. The Labute approximate surface area is 175 Å². The van der Waals surface area contributed by atoms with Gasteiger partial charge in [-0.2, -0.15) is 5.10 Å². The number of rotatable bonds is 6. The Balaban J connectivity index is 1.58. The van der Waals surface area contributed by atoms with Gasteiger partial charge in [0.05, 0.1) is 5.71 Å². The Morgan fingerprint density at radius 1 is 0.931 bits per heavy atom. The summed E-state index contributed by atoms with van der Waals surface area (Å²) >= 11 is 1.58. The Morgan fingerprint density at radius 3 is 2.14 bits per heavy atom. The standard InChI is InChI=1S/C23H24N4OS/c1-15-5-9-20(10-6-15)18(4)26-27-22(28)21-11-7-19(8-12-21)14-29-23-24-16(2)13-17(3)25-23/h5-13H,14H2,1-4H3,(H,27,28)/b26-18+. The van der Waals surface area contributed by atoms with Gasteiger partial charge in [-0.15, -0.1) is 0 Å². The summed E-state index contributed by atoms with van der Waals surface area (Å²) in [5.41, 5.74) is 9.17. The molecule has 1 heterocycles. The first-order chi connectivity index (χ1) is 13.9. The highest BCUT2D eigenvalue weighted by Gasteiger charge is 2.07. The second kappa shape index (κ2) is 9.47. The lowest BCUT2D eigenvalue weighted by atomic mass is 10.1. The number of nitrogens with zero attached hydrogens (tertiary/aromatic N) is 3. The van der Waals surface area contributed by atoms with Crippen molar-refractivity contribution >= 4 is 23.4 Å². The lowest BCUT2D eigenvalue weighted by Gasteiger charge is -2.06. The molecule has 1 aromatic heterocycles. The van der Waals surface area contributed by atoms with Gasteiger partial charge in [0.1, 0.15) is 0 Å². The van der Waals surface area contributed by atoms with Crippen molar-refractivity contribution in [3.8, 4) is 0 Å². The van der Waals surface area contributed by atoms with E-state index >= 15 is 0 Å². The first-order valence-corrected chi connectivity index (χ1v) is 10.3. The number of aromatic nitrogens is 2. The van der Waals surface area contributed by atoms with E-state index in [2.05, 4.69) is 20.5 Å². The average Bonchev–Trinajstić information content (AvgIpc) is 2.70. The molecule has 0 unspecified atom stereocenters. The average molecular weight is 405 g/mol. The molecule has 0 bridgehead atoms.